The second-order valence-corrected chi connectivity index (χ2v) is 5.15. The summed E-state index contributed by atoms with van der Waals surface area (Å²) in [5.74, 6) is -0.831. The summed E-state index contributed by atoms with van der Waals surface area (Å²) in [7, 11) is 0. The monoisotopic (exact) mass is 332 g/mol. The number of carbonyl (C=O) groups excluding carboxylic acids is 2. The van der Waals surface area contributed by atoms with Gasteiger partial charge < -0.3 is 15.4 Å². The van der Waals surface area contributed by atoms with Crippen molar-refractivity contribution in [1.29, 1.82) is 0 Å². The SMILES string of the molecule is CCOC(=O)C(NC(=O)Nc1cccc(C(F)(F)F)c1)C(C)C. The summed E-state index contributed by atoms with van der Waals surface area (Å²) < 4.78 is 42.7. The molecule has 5 nitrogen and oxygen atoms in total. The number of carbonyl (C=O) groups is 2. The van der Waals surface area contributed by atoms with Crippen molar-refractivity contribution in [3.8, 4) is 0 Å². The zero-order valence-electron chi connectivity index (χ0n) is 13.0. The van der Waals surface area contributed by atoms with Gasteiger partial charge in [-0.25, -0.2) is 9.59 Å². The van der Waals surface area contributed by atoms with E-state index in [1.807, 2.05) is 0 Å². The average molecular weight is 332 g/mol. The molecule has 0 saturated carbocycles. The Bertz CT molecular complexity index is 559. The van der Waals surface area contributed by atoms with Crippen LogP contribution < -0.4 is 10.6 Å². The zero-order chi connectivity index (χ0) is 17.6. The molecule has 8 heteroatoms. The van der Waals surface area contributed by atoms with Gasteiger partial charge in [0, 0.05) is 5.69 Å². The minimum atomic E-state index is -4.50. The first-order valence-corrected chi connectivity index (χ1v) is 7.06. The van der Waals surface area contributed by atoms with E-state index in [1.54, 1.807) is 20.8 Å². The van der Waals surface area contributed by atoms with E-state index in [-0.39, 0.29) is 18.2 Å². The number of anilines is 1. The Labute approximate surface area is 132 Å². The van der Waals surface area contributed by atoms with Gasteiger partial charge in [0.1, 0.15) is 6.04 Å². The smallest absolute Gasteiger partial charge is 0.416 e. The standard InChI is InChI=1S/C15H19F3N2O3/c1-4-23-13(21)12(9(2)3)20-14(22)19-11-7-5-6-10(8-11)15(16,17)18/h5-9,12H,4H2,1-3H3,(H2,19,20,22). The summed E-state index contributed by atoms with van der Waals surface area (Å²) in [4.78, 5) is 23.6. The predicted octanol–water partition coefficient (Wildman–Crippen LogP) is 3.41. The van der Waals surface area contributed by atoms with Crippen LogP contribution in [0.4, 0.5) is 23.7 Å². The third kappa shape index (κ3) is 5.80. The molecular weight excluding hydrogens is 313 g/mol. The zero-order valence-corrected chi connectivity index (χ0v) is 13.0. The van der Waals surface area contributed by atoms with Crippen LogP contribution in [0.5, 0.6) is 0 Å². The Kier molecular flexibility index (Phi) is 6.41. The van der Waals surface area contributed by atoms with Crippen LogP contribution in [0.1, 0.15) is 26.3 Å². The first kappa shape index (κ1) is 18.8. The molecule has 0 bridgehead atoms. The summed E-state index contributed by atoms with van der Waals surface area (Å²) in [5, 5.41) is 4.68. The lowest BCUT2D eigenvalue weighted by atomic mass is 10.1. The molecule has 0 aliphatic heterocycles. The van der Waals surface area contributed by atoms with E-state index in [9.17, 15) is 22.8 Å². The third-order valence-electron chi connectivity index (χ3n) is 2.94. The molecule has 2 amide bonds. The van der Waals surface area contributed by atoms with E-state index in [4.69, 9.17) is 4.74 Å². The molecule has 1 aromatic carbocycles. The lowest BCUT2D eigenvalue weighted by molar-refractivity contribution is -0.146. The largest absolute Gasteiger partial charge is 0.464 e. The Morgan fingerprint density at radius 2 is 1.91 bits per heavy atom. The van der Waals surface area contributed by atoms with Gasteiger partial charge in [0.25, 0.3) is 0 Å². The molecule has 128 valence electrons. The molecule has 1 atom stereocenters. The van der Waals surface area contributed by atoms with Crippen molar-refractivity contribution >= 4 is 17.7 Å². The van der Waals surface area contributed by atoms with Crippen LogP contribution in [0.15, 0.2) is 24.3 Å². The first-order chi connectivity index (χ1) is 10.6. The van der Waals surface area contributed by atoms with Gasteiger partial charge in [-0.15, -0.1) is 0 Å². The number of rotatable bonds is 5. The van der Waals surface area contributed by atoms with E-state index >= 15 is 0 Å². The van der Waals surface area contributed by atoms with Gasteiger partial charge in [-0.1, -0.05) is 19.9 Å². The van der Waals surface area contributed by atoms with Crippen LogP contribution in [-0.2, 0) is 15.7 Å². The van der Waals surface area contributed by atoms with Crippen LogP contribution in [0, 0.1) is 5.92 Å². The highest BCUT2D eigenvalue weighted by atomic mass is 19.4. The Morgan fingerprint density at radius 1 is 1.26 bits per heavy atom. The van der Waals surface area contributed by atoms with E-state index in [1.165, 1.54) is 12.1 Å². The van der Waals surface area contributed by atoms with Crippen molar-refractivity contribution in [3.63, 3.8) is 0 Å². The Hall–Kier alpha value is -2.25. The van der Waals surface area contributed by atoms with E-state index in [0.717, 1.165) is 12.1 Å². The Balaban J connectivity index is 2.77. The van der Waals surface area contributed by atoms with Crippen LogP contribution >= 0.6 is 0 Å². The first-order valence-electron chi connectivity index (χ1n) is 7.06. The molecule has 0 aliphatic rings. The second-order valence-electron chi connectivity index (χ2n) is 5.15. The van der Waals surface area contributed by atoms with Gasteiger partial charge in [0.15, 0.2) is 0 Å². The number of ether oxygens (including phenoxy) is 1. The normalized spacial score (nSPS) is 12.7. The van der Waals surface area contributed by atoms with Crippen molar-refractivity contribution in [3.05, 3.63) is 29.8 Å². The quantitative estimate of drug-likeness (QED) is 0.812. The molecule has 0 aliphatic carbocycles. The number of nitrogens with one attached hydrogen (secondary N) is 2. The Morgan fingerprint density at radius 3 is 2.43 bits per heavy atom. The number of benzene rings is 1. The van der Waals surface area contributed by atoms with Gasteiger partial charge in [0.2, 0.25) is 0 Å². The minimum absolute atomic E-state index is 0.0244. The number of halogens is 3. The fourth-order valence-corrected chi connectivity index (χ4v) is 1.81. The highest BCUT2D eigenvalue weighted by Gasteiger charge is 2.30. The maximum absolute atomic E-state index is 12.6. The minimum Gasteiger partial charge on any atom is -0.464 e. The predicted molar refractivity (Wildman–Crippen MR) is 78.9 cm³/mol. The summed E-state index contributed by atoms with van der Waals surface area (Å²) in [6.07, 6.45) is -4.50. The van der Waals surface area contributed by atoms with E-state index in [2.05, 4.69) is 10.6 Å². The van der Waals surface area contributed by atoms with Crippen LogP contribution in [0.3, 0.4) is 0 Å². The summed E-state index contributed by atoms with van der Waals surface area (Å²) >= 11 is 0. The number of alkyl halides is 3. The number of hydrogen-bond donors (Lipinski definition) is 2. The lowest BCUT2D eigenvalue weighted by Crippen LogP contribution is -2.47. The van der Waals surface area contributed by atoms with Crippen LogP contribution in [0.2, 0.25) is 0 Å². The van der Waals surface area contributed by atoms with Gasteiger partial charge in [-0.2, -0.15) is 13.2 Å². The van der Waals surface area contributed by atoms with Crippen molar-refractivity contribution in [2.45, 2.75) is 33.0 Å². The highest BCUT2D eigenvalue weighted by Crippen LogP contribution is 2.30. The van der Waals surface area contributed by atoms with E-state index < -0.39 is 29.8 Å². The van der Waals surface area contributed by atoms with Crippen molar-refractivity contribution in [1.82, 2.24) is 5.32 Å². The maximum atomic E-state index is 12.6. The van der Waals surface area contributed by atoms with Crippen LogP contribution in [0.25, 0.3) is 0 Å². The molecule has 0 radical (unpaired) electrons. The molecule has 0 heterocycles. The van der Waals surface area contributed by atoms with Gasteiger partial charge >= 0.3 is 18.2 Å². The highest BCUT2D eigenvalue weighted by molar-refractivity contribution is 5.92. The molecule has 0 aromatic heterocycles. The topological polar surface area (TPSA) is 67.4 Å². The molecule has 1 rings (SSSR count). The average Bonchev–Trinajstić information content (AvgIpc) is 2.44. The van der Waals surface area contributed by atoms with Gasteiger partial charge in [0.05, 0.1) is 12.2 Å². The van der Waals surface area contributed by atoms with Gasteiger partial charge in [-0.05, 0) is 31.0 Å². The van der Waals surface area contributed by atoms with Crippen molar-refractivity contribution in [2.24, 2.45) is 5.92 Å². The molecule has 1 unspecified atom stereocenters. The third-order valence-corrected chi connectivity index (χ3v) is 2.94. The molecule has 1 aromatic rings. The molecule has 0 fully saturated rings. The molecular formula is C15H19F3N2O3. The maximum Gasteiger partial charge on any atom is 0.416 e. The number of hydrogen-bond acceptors (Lipinski definition) is 3. The fraction of sp³-hybridized carbons (Fsp3) is 0.467. The number of urea groups is 1. The van der Waals surface area contributed by atoms with Crippen molar-refractivity contribution in [2.75, 3.05) is 11.9 Å². The van der Waals surface area contributed by atoms with Crippen molar-refractivity contribution < 1.29 is 27.5 Å². The number of esters is 1. The summed E-state index contributed by atoms with van der Waals surface area (Å²) in [6.45, 7) is 5.23. The molecule has 0 saturated heterocycles. The van der Waals surface area contributed by atoms with E-state index in [0.29, 0.717) is 0 Å². The molecule has 0 spiro atoms. The van der Waals surface area contributed by atoms with Crippen LogP contribution in [-0.4, -0.2) is 24.6 Å². The second kappa shape index (κ2) is 7.85. The molecule has 23 heavy (non-hydrogen) atoms. The summed E-state index contributed by atoms with van der Waals surface area (Å²) in [5.41, 5.74) is -0.898. The summed E-state index contributed by atoms with van der Waals surface area (Å²) in [6, 6.07) is 2.55. The lowest BCUT2D eigenvalue weighted by Gasteiger charge is -2.20. The fourth-order valence-electron chi connectivity index (χ4n) is 1.81. The number of amides is 2. The van der Waals surface area contributed by atoms with Gasteiger partial charge in [-0.3, -0.25) is 0 Å². The molecule has 2 N–H and O–H groups in total.